The van der Waals surface area contributed by atoms with Gasteiger partial charge in [0.25, 0.3) is 0 Å². The first-order chi connectivity index (χ1) is 12.4. The Hall–Kier alpha value is -2.56. The Morgan fingerprint density at radius 3 is 2.27 bits per heavy atom. The van der Waals surface area contributed by atoms with Gasteiger partial charge in [-0.25, -0.2) is 4.79 Å². The molecule has 3 aromatic rings. The maximum absolute atomic E-state index is 11.5. The predicted octanol–water partition coefficient (Wildman–Crippen LogP) is 6.44. The normalized spacial score (nSPS) is 11.4. The van der Waals surface area contributed by atoms with E-state index in [0.29, 0.717) is 5.75 Å². The molecular weight excluding hydrogens is 368 g/mol. The summed E-state index contributed by atoms with van der Waals surface area (Å²) in [5.74, 6) is 0.452. The van der Waals surface area contributed by atoms with Crippen LogP contribution in [-0.2, 0) is 4.79 Å². The summed E-state index contributed by atoms with van der Waals surface area (Å²) < 4.78 is 5.88. The lowest BCUT2D eigenvalue weighted by molar-refractivity contribution is -0.130. The van der Waals surface area contributed by atoms with Gasteiger partial charge in [0, 0.05) is 9.90 Å². The number of halogens is 1. The number of aliphatic carboxylic acids is 1. The summed E-state index contributed by atoms with van der Waals surface area (Å²) in [6, 6.07) is 14.7. The molecule has 2 aromatic carbocycles. The summed E-state index contributed by atoms with van der Waals surface area (Å²) in [5.41, 5.74) is 3.00. The maximum Gasteiger partial charge on any atom is 0.337 e. The van der Waals surface area contributed by atoms with E-state index in [1.165, 1.54) is 11.3 Å². The van der Waals surface area contributed by atoms with Crippen molar-refractivity contribution in [2.75, 3.05) is 0 Å². The molecule has 0 radical (unpaired) electrons. The van der Waals surface area contributed by atoms with Gasteiger partial charge in [0.1, 0.15) is 11.5 Å². The molecule has 0 spiro atoms. The number of thiophene rings is 1. The molecule has 0 aliphatic heterocycles. The number of carbonyl (C=O) groups is 1. The topological polar surface area (TPSA) is 46.5 Å². The van der Waals surface area contributed by atoms with Crippen molar-refractivity contribution in [2.24, 2.45) is 0 Å². The fourth-order valence-electron chi connectivity index (χ4n) is 2.57. The minimum atomic E-state index is -0.945. The molecule has 1 heterocycles. The van der Waals surface area contributed by atoms with E-state index >= 15 is 0 Å². The average molecular weight is 385 g/mol. The van der Waals surface area contributed by atoms with Gasteiger partial charge in [-0.1, -0.05) is 29.8 Å². The zero-order chi connectivity index (χ0) is 18.7. The van der Waals surface area contributed by atoms with Crippen LogP contribution in [0.3, 0.4) is 0 Å². The van der Waals surface area contributed by atoms with Gasteiger partial charge in [0.15, 0.2) is 0 Å². The monoisotopic (exact) mass is 384 g/mol. The SMILES string of the molecule is Cc1cc(Oc2ccc(/C=C(\C(=O)O)c3cccs3)cc2)cc(C)c1Cl. The van der Waals surface area contributed by atoms with Crippen molar-refractivity contribution in [2.45, 2.75) is 13.8 Å². The van der Waals surface area contributed by atoms with Crippen LogP contribution in [0.2, 0.25) is 5.02 Å². The van der Waals surface area contributed by atoms with E-state index in [4.69, 9.17) is 16.3 Å². The second kappa shape index (κ2) is 7.77. The Morgan fingerprint density at radius 2 is 1.73 bits per heavy atom. The second-order valence-electron chi connectivity index (χ2n) is 5.88. The third-order valence-corrected chi connectivity index (χ3v) is 5.35. The molecule has 0 amide bonds. The molecule has 0 fully saturated rings. The molecule has 1 N–H and O–H groups in total. The highest BCUT2D eigenvalue weighted by Crippen LogP contribution is 2.30. The van der Waals surface area contributed by atoms with Crippen LogP contribution in [0.4, 0.5) is 0 Å². The van der Waals surface area contributed by atoms with Gasteiger partial charge in [0.05, 0.1) is 5.57 Å². The number of ether oxygens (including phenoxy) is 1. The van der Waals surface area contributed by atoms with Crippen LogP contribution in [0.5, 0.6) is 11.5 Å². The number of carboxylic acids is 1. The molecule has 0 aliphatic rings. The summed E-state index contributed by atoms with van der Waals surface area (Å²) in [4.78, 5) is 12.2. The largest absolute Gasteiger partial charge is 0.478 e. The van der Waals surface area contributed by atoms with Gasteiger partial charge >= 0.3 is 5.97 Å². The Labute approximate surface area is 161 Å². The van der Waals surface area contributed by atoms with Crippen molar-refractivity contribution >= 4 is 40.6 Å². The molecule has 0 saturated carbocycles. The first-order valence-corrected chi connectivity index (χ1v) is 9.23. The van der Waals surface area contributed by atoms with Crippen LogP contribution >= 0.6 is 22.9 Å². The lowest BCUT2D eigenvalue weighted by atomic mass is 10.1. The van der Waals surface area contributed by atoms with E-state index < -0.39 is 5.97 Å². The van der Waals surface area contributed by atoms with Gasteiger partial charge < -0.3 is 9.84 Å². The summed E-state index contributed by atoms with van der Waals surface area (Å²) >= 11 is 7.58. The highest BCUT2D eigenvalue weighted by molar-refractivity contribution is 7.11. The maximum atomic E-state index is 11.5. The van der Waals surface area contributed by atoms with E-state index in [1.807, 2.05) is 61.7 Å². The van der Waals surface area contributed by atoms with Gasteiger partial charge in [-0.3, -0.25) is 0 Å². The molecule has 0 saturated heterocycles. The molecule has 26 heavy (non-hydrogen) atoms. The Kier molecular flexibility index (Phi) is 5.45. The summed E-state index contributed by atoms with van der Waals surface area (Å²) in [6.07, 6.45) is 1.66. The van der Waals surface area contributed by atoms with E-state index in [9.17, 15) is 9.90 Å². The minimum absolute atomic E-state index is 0.276. The summed E-state index contributed by atoms with van der Waals surface area (Å²) in [7, 11) is 0. The molecule has 0 atom stereocenters. The van der Waals surface area contributed by atoms with Crippen LogP contribution in [0, 0.1) is 13.8 Å². The minimum Gasteiger partial charge on any atom is -0.478 e. The van der Waals surface area contributed by atoms with Crippen molar-refractivity contribution in [3.8, 4) is 11.5 Å². The van der Waals surface area contributed by atoms with E-state index in [2.05, 4.69) is 0 Å². The lowest BCUT2D eigenvalue weighted by Crippen LogP contribution is -1.97. The highest BCUT2D eigenvalue weighted by Gasteiger charge is 2.11. The highest BCUT2D eigenvalue weighted by atomic mass is 35.5. The smallest absolute Gasteiger partial charge is 0.337 e. The Morgan fingerprint density at radius 1 is 1.08 bits per heavy atom. The quantitative estimate of drug-likeness (QED) is 0.515. The molecule has 0 bridgehead atoms. The lowest BCUT2D eigenvalue weighted by Gasteiger charge is -2.10. The van der Waals surface area contributed by atoms with E-state index in [-0.39, 0.29) is 5.57 Å². The predicted molar refractivity (Wildman–Crippen MR) is 107 cm³/mol. The molecule has 132 valence electrons. The number of carboxylic acid groups (broad SMARTS) is 1. The Balaban J connectivity index is 1.82. The Bertz CT molecular complexity index is 934. The van der Waals surface area contributed by atoms with Crippen LogP contribution in [0.25, 0.3) is 11.6 Å². The second-order valence-corrected chi connectivity index (χ2v) is 7.21. The van der Waals surface area contributed by atoms with Gasteiger partial charge in [-0.05, 0) is 72.3 Å². The van der Waals surface area contributed by atoms with Gasteiger partial charge in [-0.2, -0.15) is 0 Å². The third-order valence-electron chi connectivity index (χ3n) is 3.85. The number of benzene rings is 2. The van der Waals surface area contributed by atoms with Crippen molar-refractivity contribution < 1.29 is 14.6 Å². The van der Waals surface area contributed by atoms with Crippen molar-refractivity contribution in [3.05, 3.63) is 80.5 Å². The van der Waals surface area contributed by atoms with Gasteiger partial charge in [0.2, 0.25) is 0 Å². The molecule has 5 heteroatoms. The molecule has 0 aliphatic carbocycles. The first kappa shape index (κ1) is 18.2. The van der Waals surface area contributed by atoms with Crippen molar-refractivity contribution in [1.82, 2.24) is 0 Å². The van der Waals surface area contributed by atoms with Crippen LogP contribution < -0.4 is 4.74 Å². The molecule has 1 aromatic heterocycles. The van der Waals surface area contributed by atoms with E-state index in [0.717, 1.165) is 32.3 Å². The summed E-state index contributed by atoms with van der Waals surface area (Å²) in [6.45, 7) is 3.88. The zero-order valence-corrected chi connectivity index (χ0v) is 15.9. The van der Waals surface area contributed by atoms with Crippen molar-refractivity contribution in [3.63, 3.8) is 0 Å². The molecule has 3 nitrogen and oxygen atoms in total. The van der Waals surface area contributed by atoms with Gasteiger partial charge in [-0.15, -0.1) is 11.3 Å². The number of aryl methyl sites for hydroxylation is 2. The fraction of sp³-hybridized carbons (Fsp3) is 0.0952. The first-order valence-electron chi connectivity index (χ1n) is 7.97. The van der Waals surface area contributed by atoms with E-state index in [1.54, 1.807) is 12.1 Å². The van der Waals surface area contributed by atoms with Crippen LogP contribution in [0.15, 0.2) is 53.9 Å². The fourth-order valence-corrected chi connectivity index (χ4v) is 3.41. The van der Waals surface area contributed by atoms with Crippen molar-refractivity contribution in [1.29, 1.82) is 0 Å². The molecular formula is C21H17ClO3S. The number of hydrogen-bond donors (Lipinski definition) is 1. The zero-order valence-electron chi connectivity index (χ0n) is 14.3. The molecule has 0 unspecified atom stereocenters. The summed E-state index contributed by atoms with van der Waals surface area (Å²) in [5, 5.41) is 12.0. The van der Waals surface area contributed by atoms with Crippen LogP contribution in [-0.4, -0.2) is 11.1 Å². The number of hydrogen-bond acceptors (Lipinski definition) is 3. The average Bonchev–Trinajstić information content (AvgIpc) is 3.13. The standard InChI is InChI=1S/C21H17ClO3S/c1-13-10-17(11-14(2)20(13)22)25-16-7-5-15(6-8-16)12-18(21(23)24)19-4-3-9-26-19/h3-12H,1-2H3,(H,23,24)/b18-12-. The molecule has 3 rings (SSSR count). The van der Waals surface area contributed by atoms with Crippen LogP contribution in [0.1, 0.15) is 21.6 Å². The number of rotatable bonds is 5. The third kappa shape index (κ3) is 4.15.